The molecule has 6 nitrogen and oxygen atoms in total. The van der Waals surface area contributed by atoms with Gasteiger partial charge in [-0.25, -0.2) is 0 Å². The van der Waals surface area contributed by atoms with E-state index in [0.29, 0.717) is 5.56 Å². The second-order valence-electron chi connectivity index (χ2n) is 3.72. The van der Waals surface area contributed by atoms with Crippen LogP contribution in [-0.2, 0) is 15.0 Å². The predicted molar refractivity (Wildman–Crippen MR) is 67.2 cm³/mol. The zero-order valence-corrected chi connectivity index (χ0v) is 11.0. The molecule has 0 saturated carbocycles. The summed E-state index contributed by atoms with van der Waals surface area (Å²) in [4.78, 5) is 11.1. The minimum atomic E-state index is -3.80. The lowest BCUT2D eigenvalue weighted by molar-refractivity contribution is -0.139. The van der Waals surface area contributed by atoms with E-state index in [0.717, 1.165) is 4.31 Å². The van der Waals surface area contributed by atoms with E-state index >= 15 is 0 Å². The number of carbonyl (C=O) groups is 1. The molecule has 0 amide bonds. The van der Waals surface area contributed by atoms with Crippen LogP contribution in [0.15, 0.2) is 30.3 Å². The van der Waals surface area contributed by atoms with Gasteiger partial charge in [0.05, 0.1) is 0 Å². The van der Waals surface area contributed by atoms with Gasteiger partial charge in [-0.3, -0.25) is 4.79 Å². The summed E-state index contributed by atoms with van der Waals surface area (Å²) < 4.78 is 26.8. The summed E-state index contributed by atoms with van der Waals surface area (Å²) in [6, 6.07) is 6.88. The van der Waals surface area contributed by atoms with Gasteiger partial charge in [0.25, 0.3) is 10.2 Å². The summed E-state index contributed by atoms with van der Waals surface area (Å²) in [5.74, 6) is -1.24. The molecule has 7 heteroatoms. The Labute approximate surface area is 106 Å². The Morgan fingerprint density at radius 1 is 1.39 bits per heavy atom. The number of carboxylic acid groups (broad SMARTS) is 1. The standard InChI is InChI=1S/C11H16N2O4S/c1-3-13(2)18(16,17)12-10(11(14)15)9-7-5-4-6-8-9/h4-8,10,12H,3H2,1-2H3,(H,14,15)/t10-/m0/s1. The van der Waals surface area contributed by atoms with Crippen molar-refractivity contribution in [2.75, 3.05) is 13.6 Å². The normalized spacial score (nSPS) is 13.5. The molecule has 100 valence electrons. The van der Waals surface area contributed by atoms with Gasteiger partial charge in [-0.15, -0.1) is 0 Å². The highest BCUT2D eigenvalue weighted by molar-refractivity contribution is 7.87. The minimum Gasteiger partial charge on any atom is -0.480 e. The number of nitrogens with one attached hydrogen (secondary N) is 1. The van der Waals surface area contributed by atoms with Gasteiger partial charge in [-0.2, -0.15) is 17.4 Å². The number of rotatable bonds is 6. The number of aliphatic carboxylic acids is 1. The first-order valence-electron chi connectivity index (χ1n) is 5.40. The highest BCUT2D eigenvalue weighted by atomic mass is 32.2. The fraction of sp³-hybridized carbons (Fsp3) is 0.364. The molecule has 0 bridgehead atoms. The fourth-order valence-corrected chi connectivity index (χ4v) is 2.37. The Kier molecular flexibility index (Phi) is 4.83. The third-order valence-corrected chi connectivity index (χ3v) is 4.11. The largest absolute Gasteiger partial charge is 0.480 e. The summed E-state index contributed by atoms with van der Waals surface area (Å²) in [6.07, 6.45) is 0. The molecule has 0 aliphatic heterocycles. The first-order valence-corrected chi connectivity index (χ1v) is 6.84. The Hall–Kier alpha value is -1.44. The lowest BCUT2D eigenvalue weighted by Crippen LogP contribution is -2.42. The van der Waals surface area contributed by atoms with Gasteiger partial charge in [-0.05, 0) is 5.56 Å². The summed E-state index contributed by atoms with van der Waals surface area (Å²) >= 11 is 0. The van der Waals surface area contributed by atoms with Crippen molar-refractivity contribution in [1.82, 2.24) is 9.03 Å². The Bertz CT molecular complexity index is 501. The number of benzene rings is 1. The van der Waals surface area contributed by atoms with Gasteiger partial charge in [0.15, 0.2) is 0 Å². The number of nitrogens with zero attached hydrogens (tertiary/aromatic N) is 1. The molecule has 0 fully saturated rings. The average Bonchev–Trinajstić information content (AvgIpc) is 2.35. The van der Waals surface area contributed by atoms with Crippen molar-refractivity contribution in [3.05, 3.63) is 35.9 Å². The molecule has 0 saturated heterocycles. The first-order chi connectivity index (χ1) is 8.38. The third-order valence-electron chi connectivity index (χ3n) is 2.50. The highest BCUT2D eigenvalue weighted by Crippen LogP contribution is 2.14. The zero-order chi connectivity index (χ0) is 13.8. The summed E-state index contributed by atoms with van der Waals surface area (Å²) in [6.45, 7) is 1.92. The third kappa shape index (κ3) is 3.52. The maximum absolute atomic E-state index is 11.8. The molecule has 0 aromatic heterocycles. The van der Waals surface area contributed by atoms with Crippen LogP contribution in [0.1, 0.15) is 18.5 Å². The average molecular weight is 272 g/mol. The van der Waals surface area contributed by atoms with E-state index in [4.69, 9.17) is 5.11 Å². The zero-order valence-electron chi connectivity index (χ0n) is 10.2. The maximum Gasteiger partial charge on any atom is 0.326 e. The van der Waals surface area contributed by atoms with Crippen molar-refractivity contribution in [3.8, 4) is 0 Å². The van der Waals surface area contributed by atoms with E-state index < -0.39 is 22.2 Å². The van der Waals surface area contributed by atoms with Gasteiger partial charge >= 0.3 is 5.97 Å². The number of hydrogen-bond donors (Lipinski definition) is 2. The molecule has 2 N–H and O–H groups in total. The Morgan fingerprint density at radius 2 is 1.94 bits per heavy atom. The minimum absolute atomic E-state index is 0.260. The molecule has 1 aromatic carbocycles. The maximum atomic E-state index is 11.8. The molecular formula is C11H16N2O4S. The quantitative estimate of drug-likeness (QED) is 0.794. The highest BCUT2D eigenvalue weighted by Gasteiger charge is 2.27. The molecule has 1 atom stereocenters. The van der Waals surface area contributed by atoms with Gasteiger partial charge in [-0.1, -0.05) is 37.3 Å². The molecule has 0 unspecified atom stereocenters. The molecule has 0 spiro atoms. The summed E-state index contributed by atoms with van der Waals surface area (Å²) in [5.41, 5.74) is 0.387. The van der Waals surface area contributed by atoms with Crippen molar-refractivity contribution >= 4 is 16.2 Å². The molecule has 1 rings (SSSR count). The van der Waals surface area contributed by atoms with E-state index in [1.165, 1.54) is 7.05 Å². The molecular weight excluding hydrogens is 256 g/mol. The van der Waals surface area contributed by atoms with Crippen LogP contribution < -0.4 is 4.72 Å². The molecule has 1 aromatic rings. The molecule has 0 radical (unpaired) electrons. The van der Waals surface area contributed by atoms with E-state index in [1.54, 1.807) is 37.3 Å². The van der Waals surface area contributed by atoms with Gasteiger partial charge < -0.3 is 5.11 Å². The van der Waals surface area contributed by atoms with Crippen LogP contribution in [0.25, 0.3) is 0 Å². The van der Waals surface area contributed by atoms with E-state index in [2.05, 4.69) is 4.72 Å². The SMILES string of the molecule is CCN(C)S(=O)(=O)N[C@H](C(=O)O)c1ccccc1. The van der Waals surface area contributed by atoms with Crippen LogP contribution >= 0.6 is 0 Å². The van der Waals surface area contributed by atoms with Crippen molar-refractivity contribution in [1.29, 1.82) is 0 Å². The second kappa shape index (κ2) is 5.94. The van der Waals surface area contributed by atoms with Crippen molar-refractivity contribution in [2.45, 2.75) is 13.0 Å². The summed E-state index contributed by atoms with van der Waals surface area (Å²) in [7, 11) is -2.42. The van der Waals surface area contributed by atoms with E-state index in [1.807, 2.05) is 0 Å². The molecule has 0 aliphatic carbocycles. The first kappa shape index (κ1) is 14.6. The Balaban J connectivity index is 3.00. The lowest BCUT2D eigenvalue weighted by atomic mass is 10.1. The van der Waals surface area contributed by atoms with Crippen LogP contribution in [-0.4, -0.2) is 37.4 Å². The van der Waals surface area contributed by atoms with Gasteiger partial charge in [0, 0.05) is 13.6 Å². The monoisotopic (exact) mass is 272 g/mol. The summed E-state index contributed by atoms with van der Waals surface area (Å²) in [5, 5.41) is 9.10. The number of carboxylic acids is 1. The predicted octanol–water partition coefficient (Wildman–Crippen LogP) is 0.598. The fourth-order valence-electron chi connectivity index (χ4n) is 1.32. The van der Waals surface area contributed by atoms with Crippen LogP contribution in [0.3, 0.4) is 0 Å². The van der Waals surface area contributed by atoms with E-state index in [-0.39, 0.29) is 6.54 Å². The molecule has 18 heavy (non-hydrogen) atoms. The Morgan fingerprint density at radius 3 is 2.39 bits per heavy atom. The van der Waals surface area contributed by atoms with Crippen LogP contribution in [0.5, 0.6) is 0 Å². The van der Waals surface area contributed by atoms with Crippen LogP contribution in [0.4, 0.5) is 0 Å². The van der Waals surface area contributed by atoms with Crippen molar-refractivity contribution in [3.63, 3.8) is 0 Å². The number of hydrogen-bond acceptors (Lipinski definition) is 3. The topological polar surface area (TPSA) is 86.7 Å². The smallest absolute Gasteiger partial charge is 0.326 e. The lowest BCUT2D eigenvalue weighted by Gasteiger charge is -2.20. The molecule has 0 aliphatic rings. The molecule has 0 heterocycles. The van der Waals surface area contributed by atoms with Crippen molar-refractivity contribution in [2.24, 2.45) is 0 Å². The van der Waals surface area contributed by atoms with Gasteiger partial charge in [0.1, 0.15) is 6.04 Å². The van der Waals surface area contributed by atoms with Gasteiger partial charge in [0.2, 0.25) is 0 Å². The second-order valence-corrected chi connectivity index (χ2v) is 5.53. The van der Waals surface area contributed by atoms with E-state index in [9.17, 15) is 13.2 Å². The van der Waals surface area contributed by atoms with Crippen molar-refractivity contribution < 1.29 is 18.3 Å². The van der Waals surface area contributed by atoms with Crippen LogP contribution in [0, 0.1) is 0 Å². The van der Waals surface area contributed by atoms with Crippen LogP contribution in [0.2, 0.25) is 0 Å².